The second kappa shape index (κ2) is 7.72. The zero-order chi connectivity index (χ0) is 14.7. The van der Waals surface area contributed by atoms with Crippen LogP contribution in [-0.4, -0.2) is 27.4 Å². The van der Waals surface area contributed by atoms with Gasteiger partial charge in [-0.25, -0.2) is 21.9 Å². The molecule has 0 aliphatic carbocycles. The molecule has 0 bridgehead atoms. The Labute approximate surface area is 132 Å². The lowest BCUT2D eigenvalue weighted by Crippen LogP contribution is -2.41. The predicted molar refractivity (Wildman–Crippen MR) is 78.3 cm³/mol. The van der Waals surface area contributed by atoms with Crippen LogP contribution in [0.3, 0.4) is 0 Å². The molecule has 4 nitrogen and oxygen atoms in total. The van der Waals surface area contributed by atoms with Crippen molar-refractivity contribution in [3.8, 4) is 0 Å². The maximum absolute atomic E-state index is 12.8. The minimum absolute atomic E-state index is 0. The van der Waals surface area contributed by atoms with Crippen LogP contribution in [0.2, 0.25) is 10.0 Å². The van der Waals surface area contributed by atoms with Gasteiger partial charge in [-0.15, -0.1) is 12.4 Å². The fraction of sp³-hybridized carbons (Fsp3) is 0.400. The molecule has 0 heterocycles. The standard InChI is InChI=1S/C10H12Cl2F2N2O2S.ClH/c11-8-2-1-7(3-9(8)12)4-19(17,18)16-6-10(13,14)5-15;/h1-3,16H,4-6,15H2;1H. The van der Waals surface area contributed by atoms with Crippen LogP contribution < -0.4 is 10.5 Å². The molecular formula is C10H13Cl3F2N2O2S. The molecule has 0 unspecified atom stereocenters. The largest absolute Gasteiger partial charge is 0.325 e. The number of hydrogen-bond donors (Lipinski definition) is 2. The average Bonchev–Trinajstić information content (AvgIpc) is 2.32. The summed E-state index contributed by atoms with van der Waals surface area (Å²) in [6.45, 7) is -1.96. The predicted octanol–water partition coefficient (Wildman–Crippen LogP) is 2.43. The Morgan fingerprint density at radius 3 is 2.35 bits per heavy atom. The van der Waals surface area contributed by atoms with E-state index in [4.69, 9.17) is 28.9 Å². The first-order valence-electron chi connectivity index (χ1n) is 5.14. The van der Waals surface area contributed by atoms with E-state index >= 15 is 0 Å². The van der Waals surface area contributed by atoms with Crippen LogP contribution in [0.15, 0.2) is 18.2 Å². The van der Waals surface area contributed by atoms with Gasteiger partial charge in [0.05, 0.1) is 28.9 Å². The SMILES string of the molecule is Cl.NCC(F)(F)CNS(=O)(=O)Cc1ccc(Cl)c(Cl)c1. The van der Waals surface area contributed by atoms with Crippen LogP contribution in [-0.2, 0) is 15.8 Å². The fourth-order valence-corrected chi connectivity index (χ4v) is 2.66. The highest BCUT2D eigenvalue weighted by Gasteiger charge is 2.28. The number of hydrogen-bond acceptors (Lipinski definition) is 3. The first-order chi connectivity index (χ1) is 8.65. The molecule has 0 aliphatic heterocycles. The highest BCUT2D eigenvalue weighted by atomic mass is 35.5. The van der Waals surface area contributed by atoms with E-state index in [0.29, 0.717) is 5.56 Å². The van der Waals surface area contributed by atoms with Crippen LogP contribution in [0.4, 0.5) is 8.78 Å². The topological polar surface area (TPSA) is 72.2 Å². The quantitative estimate of drug-likeness (QED) is 0.809. The molecule has 0 amide bonds. The van der Waals surface area contributed by atoms with Crippen molar-refractivity contribution in [1.29, 1.82) is 0 Å². The van der Waals surface area contributed by atoms with Gasteiger partial charge in [0.2, 0.25) is 10.0 Å². The van der Waals surface area contributed by atoms with E-state index in [1.165, 1.54) is 18.2 Å². The van der Waals surface area contributed by atoms with Gasteiger partial charge in [-0.05, 0) is 17.7 Å². The van der Waals surface area contributed by atoms with Crippen molar-refractivity contribution in [3.63, 3.8) is 0 Å². The summed E-state index contributed by atoms with van der Waals surface area (Å²) in [7, 11) is -3.89. The van der Waals surface area contributed by atoms with E-state index in [1.54, 1.807) is 4.72 Å². The minimum atomic E-state index is -3.89. The van der Waals surface area contributed by atoms with Crippen molar-refractivity contribution < 1.29 is 17.2 Å². The normalized spacial score (nSPS) is 12.1. The summed E-state index contributed by atoms with van der Waals surface area (Å²) in [6, 6.07) is 4.25. The molecule has 0 saturated carbocycles. The summed E-state index contributed by atoms with van der Waals surface area (Å²) in [5.41, 5.74) is 5.15. The Bertz CT molecular complexity index is 555. The summed E-state index contributed by atoms with van der Waals surface area (Å²) in [4.78, 5) is 0. The van der Waals surface area contributed by atoms with E-state index in [9.17, 15) is 17.2 Å². The lowest BCUT2D eigenvalue weighted by Gasteiger charge is -2.14. The summed E-state index contributed by atoms with van der Waals surface area (Å²) >= 11 is 11.4. The molecule has 10 heteroatoms. The van der Waals surface area contributed by atoms with Crippen LogP contribution in [0.25, 0.3) is 0 Å². The fourth-order valence-electron chi connectivity index (χ4n) is 1.19. The zero-order valence-electron chi connectivity index (χ0n) is 10.1. The third kappa shape index (κ3) is 6.51. The minimum Gasteiger partial charge on any atom is -0.325 e. The maximum atomic E-state index is 12.8. The van der Waals surface area contributed by atoms with Gasteiger partial charge < -0.3 is 5.73 Å². The van der Waals surface area contributed by atoms with E-state index in [-0.39, 0.29) is 22.5 Å². The number of alkyl halides is 2. The highest BCUT2D eigenvalue weighted by Crippen LogP contribution is 2.23. The molecule has 0 saturated heterocycles. The van der Waals surface area contributed by atoms with Crippen molar-refractivity contribution >= 4 is 45.6 Å². The summed E-state index contributed by atoms with van der Waals surface area (Å²) in [6.07, 6.45) is 0. The second-order valence-corrected chi connectivity index (χ2v) is 6.51. The third-order valence-electron chi connectivity index (χ3n) is 2.19. The summed E-state index contributed by atoms with van der Waals surface area (Å²) < 4.78 is 50.7. The highest BCUT2D eigenvalue weighted by molar-refractivity contribution is 7.88. The second-order valence-electron chi connectivity index (χ2n) is 3.89. The molecular weight excluding hydrogens is 357 g/mol. The Morgan fingerprint density at radius 1 is 1.25 bits per heavy atom. The molecule has 0 aliphatic rings. The van der Waals surface area contributed by atoms with Gasteiger partial charge in [-0.3, -0.25) is 0 Å². The van der Waals surface area contributed by atoms with Crippen LogP contribution in [0.5, 0.6) is 0 Å². The van der Waals surface area contributed by atoms with Crippen molar-refractivity contribution in [2.24, 2.45) is 5.73 Å². The van der Waals surface area contributed by atoms with Gasteiger partial charge in [-0.1, -0.05) is 29.3 Å². The summed E-state index contributed by atoms with van der Waals surface area (Å²) in [5, 5.41) is 0.479. The Hall–Kier alpha value is -0.180. The van der Waals surface area contributed by atoms with Crippen molar-refractivity contribution in [2.75, 3.05) is 13.1 Å². The van der Waals surface area contributed by atoms with Crippen LogP contribution >= 0.6 is 35.6 Å². The molecule has 0 radical (unpaired) electrons. The lowest BCUT2D eigenvalue weighted by molar-refractivity contribution is 0.0170. The molecule has 116 valence electrons. The smallest absolute Gasteiger partial charge is 0.273 e. The monoisotopic (exact) mass is 368 g/mol. The van der Waals surface area contributed by atoms with E-state index < -0.39 is 34.8 Å². The van der Waals surface area contributed by atoms with E-state index in [0.717, 1.165) is 0 Å². The molecule has 1 rings (SSSR count). The molecule has 0 aromatic heterocycles. The van der Waals surface area contributed by atoms with Crippen molar-refractivity contribution in [3.05, 3.63) is 33.8 Å². The van der Waals surface area contributed by atoms with Gasteiger partial charge >= 0.3 is 0 Å². The number of sulfonamides is 1. The van der Waals surface area contributed by atoms with E-state index in [2.05, 4.69) is 0 Å². The molecule has 0 atom stereocenters. The Morgan fingerprint density at radius 2 is 1.85 bits per heavy atom. The van der Waals surface area contributed by atoms with Gasteiger partial charge in [0.1, 0.15) is 0 Å². The number of halogens is 5. The average molecular weight is 370 g/mol. The third-order valence-corrected chi connectivity index (χ3v) is 4.23. The van der Waals surface area contributed by atoms with Crippen LogP contribution in [0.1, 0.15) is 5.56 Å². The Balaban J connectivity index is 0.00000361. The zero-order valence-corrected chi connectivity index (χ0v) is 13.2. The number of nitrogens with two attached hydrogens (primary N) is 1. The molecule has 1 aromatic carbocycles. The lowest BCUT2D eigenvalue weighted by atomic mass is 10.2. The van der Waals surface area contributed by atoms with Gasteiger partial charge in [0.25, 0.3) is 5.92 Å². The van der Waals surface area contributed by atoms with Gasteiger partial charge in [0, 0.05) is 0 Å². The molecule has 0 fully saturated rings. The van der Waals surface area contributed by atoms with Crippen molar-refractivity contribution in [2.45, 2.75) is 11.7 Å². The number of rotatable bonds is 6. The molecule has 20 heavy (non-hydrogen) atoms. The maximum Gasteiger partial charge on any atom is 0.273 e. The number of benzene rings is 1. The van der Waals surface area contributed by atoms with Crippen molar-refractivity contribution in [1.82, 2.24) is 4.72 Å². The first-order valence-corrected chi connectivity index (χ1v) is 7.55. The van der Waals surface area contributed by atoms with Gasteiger partial charge in [0.15, 0.2) is 0 Å². The van der Waals surface area contributed by atoms with Crippen LogP contribution in [0, 0.1) is 0 Å². The first kappa shape index (κ1) is 19.8. The van der Waals surface area contributed by atoms with Gasteiger partial charge in [-0.2, -0.15) is 0 Å². The number of nitrogens with one attached hydrogen (secondary N) is 1. The molecule has 3 N–H and O–H groups in total. The molecule has 0 spiro atoms. The Kier molecular flexibility index (Phi) is 7.65. The van der Waals surface area contributed by atoms with E-state index in [1.807, 2.05) is 0 Å². The summed E-state index contributed by atoms with van der Waals surface area (Å²) in [5.74, 6) is -3.74. The molecule has 1 aromatic rings.